The molecule has 2 amide bonds. The molecule has 0 aromatic heterocycles. The van der Waals surface area contributed by atoms with Crippen LogP contribution in [0, 0.1) is 24.0 Å². The number of nitro benzene ring substituents is 1. The molecule has 9 nitrogen and oxygen atoms in total. The predicted octanol–water partition coefficient (Wildman–Crippen LogP) is 3.12. The van der Waals surface area contributed by atoms with Gasteiger partial charge >= 0.3 is 0 Å². The number of amides is 2. The van der Waals surface area contributed by atoms with Crippen molar-refractivity contribution < 1.29 is 19.2 Å². The molecule has 1 atom stereocenters. The highest BCUT2D eigenvalue weighted by molar-refractivity contribution is 5.97. The van der Waals surface area contributed by atoms with Crippen molar-refractivity contribution in [3.8, 4) is 5.75 Å². The maximum atomic E-state index is 12.6. The zero-order valence-corrected chi connectivity index (χ0v) is 17.7. The highest BCUT2D eigenvalue weighted by Crippen LogP contribution is 2.29. The molecule has 2 aromatic rings. The third-order valence-electron chi connectivity index (χ3n) is 4.97. The molecule has 0 bridgehead atoms. The molecule has 0 aliphatic rings. The Labute approximate surface area is 175 Å². The van der Waals surface area contributed by atoms with Crippen molar-refractivity contribution in [3.63, 3.8) is 0 Å². The number of carbonyl (C=O) groups excluding carboxylic acids is 2. The molecule has 0 spiro atoms. The second kappa shape index (κ2) is 9.84. The summed E-state index contributed by atoms with van der Waals surface area (Å²) >= 11 is 0. The average molecular weight is 414 g/mol. The molecule has 0 saturated heterocycles. The number of ether oxygens (including phenoxy) is 1. The van der Waals surface area contributed by atoms with Crippen LogP contribution in [0.5, 0.6) is 5.75 Å². The zero-order chi connectivity index (χ0) is 22.4. The lowest BCUT2D eigenvalue weighted by molar-refractivity contribution is -0.384. The number of benzene rings is 2. The Bertz CT molecular complexity index is 960. The fraction of sp³-hybridized carbons (Fsp3) is 0.333. The van der Waals surface area contributed by atoms with E-state index in [1.807, 2.05) is 32.0 Å². The van der Waals surface area contributed by atoms with Gasteiger partial charge < -0.3 is 15.4 Å². The van der Waals surface area contributed by atoms with Crippen LogP contribution in [-0.2, 0) is 9.59 Å². The van der Waals surface area contributed by atoms with E-state index in [1.165, 1.54) is 25.3 Å². The second-order valence-corrected chi connectivity index (χ2v) is 7.02. The summed E-state index contributed by atoms with van der Waals surface area (Å²) in [6.45, 7) is 5.58. The van der Waals surface area contributed by atoms with Gasteiger partial charge in [-0.05, 0) is 51.1 Å². The van der Waals surface area contributed by atoms with E-state index in [4.69, 9.17) is 4.74 Å². The lowest BCUT2D eigenvalue weighted by atomic mass is 10.1. The van der Waals surface area contributed by atoms with E-state index in [0.717, 1.165) is 16.8 Å². The minimum absolute atomic E-state index is 0.0133. The number of hydrogen-bond donors (Lipinski definition) is 2. The van der Waals surface area contributed by atoms with Crippen molar-refractivity contribution in [2.24, 2.45) is 0 Å². The van der Waals surface area contributed by atoms with Gasteiger partial charge in [0.25, 0.3) is 5.69 Å². The fourth-order valence-electron chi connectivity index (χ4n) is 2.77. The highest BCUT2D eigenvalue weighted by Gasteiger charge is 2.22. The van der Waals surface area contributed by atoms with Crippen molar-refractivity contribution in [1.29, 1.82) is 0 Å². The van der Waals surface area contributed by atoms with Crippen LogP contribution in [0.2, 0.25) is 0 Å². The molecule has 0 radical (unpaired) electrons. The quantitative estimate of drug-likeness (QED) is 0.507. The monoisotopic (exact) mass is 414 g/mol. The van der Waals surface area contributed by atoms with E-state index in [1.54, 1.807) is 18.9 Å². The van der Waals surface area contributed by atoms with Crippen LogP contribution < -0.4 is 15.4 Å². The van der Waals surface area contributed by atoms with E-state index in [2.05, 4.69) is 10.6 Å². The first-order valence-corrected chi connectivity index (χ1v) is 9.33. The number of likely N-dealkylation sites (N-methyl/N-ethyl adjacent to an activating group) is 1. The molecule has 0 aliphatic carbocycles. The first-order valence-electron chi connectivity index (χ1n) is 9.33. The largest absolute Gasteiger partial charge is 0.494 e. The van der Waals surface area contributed by atoms with Crippen LogP contribution in [0.1, 0.15) is 18.1 Å². The number of carbonyl (C=O) groups is 2. The van der Waals surface area contributed by atoms with E-state index in [0.29, 0.717) is 5.69 Å². The number of nitro groups is 1. The molecule has 0 heterocycles. The van der Waals surface area contributed by atoms with E-state index < -0.39 is 11.0 Å². The first kappa shape index (κ1) is 22.8. The zero-order valence-electron chi connectivity index (χ0n) is 17.7. The van der Waals surface area contributed by atoms with Crippen LogP contribution in [0.3, 0.4) is 0 Å². The Balaban J connectivity index is 2.01. The number of nitrogens with zero attached hydrogens (tertiary/aromatic N) is 2. The summed E-state index contributed by atoms with van der Waals surface area (Å²) in [5.41, 5.74) is 2.97. The molecule has 0 aliphatic heterocycles. The van der Waals surface area contributed by atoms with Crippen LogP contribution in [0.15, 0.2) is 36.4 Å². The Morgan fingerprint density at radius 2 is 1.87 bits per heavy atom. The summed E-state index contributed by atoms with van der Waals surface area (Å²) in [5, 5.41) is 16.4. The molecule has 2 aromatic carbocycles. The van der Waals surface area contributed by atoms with Gasteiger partial charge in [0.2, 0.25) is 11.8 Å². The molecule has 2 N–H and O–H groups in total. The van der Waals surface area contributed by atoms with Crippen LogP contribution >= 0.6 is 0 Å². The first-order chi connectivity index (χ1) is 14.1. The maximum absolute atomic E-state index is 12.6. The molecule has 2 rings (SSSR count). The Kier molecular flexibility index (Phi) is 7.48. The summed E-state index contributed by atoms with van der Waals surface area (Å²) in [7, 11) is 3.03. The number of methoxy groups -OCH3 is 1. The van der Waals surface area contributed by atoms with Gasteiger partial charge in [0.15, 0.2) is 0 Å². The summed E-state index contributed by atoms with van der Waals surface area (Å²) < 4.78 is 5.13. The number of hydrogen-bond acceptors (Lipinski definition) is 6. The highest BCUT2D eigenvalue weighted by atomic mass is 16.6. The summed E-state index contributed by atoms with van der Waals surface area (Å²) in [5.74, 6) is -0.428. The smallest absolute Gasteiger partial charge is 0.273 e. The number of rotatable bonds is 8. The number of nitrogens with one attached hydrogen (secondary N) is 2. The molecule has 0 fully saturated rings. The third kappa shape index (κ3) is 5.54. The van der Waals surface area contributed by atoms with Crippen molar-refractivity contribution >= 4 is 28.9 Å². The number of anilines is 2. The molecule has 9 heteroatoms. The number of aryl methyl sites for hydroxylation is 1. The fourth-order valence-corrected chi connectivity index (χ4v) is 2.77. The SMILES string of the molecule is COc1cc([N+](=O)[O-])ccc1NC(=O)[C@@H](C)N(C)CC(=O)Nc1cccc(C)c1C. The van der Waals surface area contributed by atoms with Crippen molar-refractivity contribution in [3.05, 3.63) is 57.6 Å². The second-order valence-electron chi connectivity index (χ2n) is 7.02. The number of non-ortho nitro benzene ring substituents is 1. The normalized spacial score (nSPS) is 11.7. The van der Waals surface area contributed by atoms with Crippen LogP contribution in [0.4, 0.5) is 17.1 Å². The molecule has 160 valence electrons. The van der Waals surface area contributed by atoms with Gasteiger partial charge in [0.1, 0.15) is 5.75 Å². The van der Waals surface area contributed by atoms with Crippen molar-refractivity contribution in [2.75, 3.05) is 31.3 Å². The van der Waals surface area contributed by atoms with Crippen LogP contribution in [-0.4, -0.2) is 48.4 Å². The maximum Gasteiger partial charge on any atom is 0.273 e. The Hall–Kier alpha value is -3.46. The third-order valence-corrected chi connectivity index (χ3v) is 4.97. The van der Waals surface area contributed by atoms with Crippen LogP contribution in [0.25, 0.3) is 0 Å². The Morgan fingerprint density at radius 3 is 2.50 bits per heavy atom. The van der Waals surface area contributed by atoms with Crippen molar-refractivity contribution in [2.45, 2.75) is 26.8 Å². The van der Waals surface area contributed by atoms with E-state index in [-0.39, 0.29) is 29.8 Å². The van der Waals surface area contributed by atoms with Gasteiger partial charge in [0, 0.05) is 11.8 Å². The molecule has 0 saturated carbocycles. The van der Waals surface area contributed by atoms with Gasteiger partial charge in [-0.25, -0.2) is 0 Å². The summed E-state index contributed by atoms with van der Waals surface area (Å²) in [4.78, 5) is 37.0. The van der Waals surface area contributed by atoms with Gasteiger partial charge in [-0.2, -0.15) is 0 Å². The lowest BCUT2D eigenvalue weighted by Crippen LogP contribution is -2.43. The van der Waals surface area contributed by atoms with E-state index >= 15 is 0 Å². The lowest BCUT2D eigenvalue weighted by Gasteiger charge is -2.24. The minimum Gasteiger partial charge on any atom is -0.494 e. The molecular weight excluding hydrogens is 388 g/mol. The average Bonchev–Trinajstić information content (AvgIpc) is 2.70. The standard InChI is InChI=1S/C21H26N4O5/c1-13-7-6-8-17(14(13)2)22-20(26)12-24(4)15(3)21(27)23-18-10-9-16(25(28)29)11-19(18)30-5/h6-11,15H,12H2,1-5H3,(H,22,26)(H,23,27)/t15-/m1/s1. The summed E-state index contributed by atoms with van der Waals surface area (Å²) in [6.07, 6.45) is 0. The van der Waals surface area contributed by atoms with Gasteiger partial charge in [-0.1, -0.05) is 12.1 Å². The minimum atomic E-state index is -0.630. The Morgan fingerprint density at radius 1 is 1.17 bits per heavy atom. The van der Waals surface area contributed by atoms with Gasteiger partial charge in [-0.15, -0.1) is 0 Å². The molecule has 0 unspecified atom stereocenters. The molecular formula is C21H26N4O5. The van der Waals surface area contributed by atoms with E-state index in [9.17, 15) is 19.7 Å². The topological polar surface area (TPSA) is 114 Å². The van der Waals surface area contributed by atoms with Gasteiger partial charge in [0.05, 0.1) is 36.4 Å². The predicted molar refractivity (Wildman–Crippen MR) is 115 cm³/mol. The van der Waals surface area contributed by atoms with Gasteiger partial charge in [-0.3, -0.25) is 24.6 Å². The molecule has 30 heavy (non-hydrogen) atoms. The van der Waals surface area contributed by atoms with Crippen molar-refractivity contribution in [1.82, 2.24) is 4.90 Å². The summed E-state index contributed by atoms with van der Waals surface area (Å²) in [6, 6.07) is 8.97.